The van der Waals surface area contributed by atoms with Gasteiger partial charge in [-0.3, -0.25) is 19.3 Å². The maximum absolute atomic E-state index is 13.3. The fraction of sp³-hybridized carbons (Fsp3) is 0.421. The summed E-state index contributed by atoms with van der Waals surface area (Å²) < 4.78 is 43.9. The average molecular weight is 420 g/mol. The number of hydrogen-bond acceptors (Lipinski definition) is 7. The van der Waals surface area contributed by atoms with Crippen LogP contribution >= 0.6 is 0 Å². The van der Waals surface area contributed by atoms with Gasteiger partial charge >= 0.3 is 6.18 Å². The quantitative estimate of drug-likeness (QED) is 0.675. The Bertz CT molecular complexity index is 1100. The van der Waals surface area contributed by atoms with Gasteiger partial charge in [0.25, 0.3) is 5.56 Å². The second-order valence-corrected chi connectivity index (χ2v) is 6.99. The van der Waals surface area contributed by atoms with Gasteiger partial charge < -0.3 is 10.1 Å². The van der Waals surface area contributed by atoms with Crippen molar-refractivity contribution in [3.63, 3.8) is 0 Å². The number of piperidine rings is 1. The minimum absolute atomic E-state index is 0.0687. The Kier molecular flexibility index (Phi) is 5.62. The summed E-state index contributed by atoms with van der Waals surface area (Å²) in [6.45, 7) is -0.0124. The molecule has 3 aromatic rings. The molecule has 0 aromatic carbocycles. The van der Waals surface area contributed by atoms with Crippen LogP contribution in [0.4, 0.5) is 13.2 Å². The number of alkyl halides is 3. The summed E-state index contributed by atoms with van der Waals surface area (Å²) in [5.41, 5.74) is 1.33. The molecule has 4 rings (SSSR count). The van der Waals surface area contributed by atoms with Crippen LogP contribution in [0.15, 0.2) is 35.6 Å². The molecule has 0 bridgehead atoms. The van der Waals surface area contributed by atoms with Gasteiger partial charge in [-0.15, -0.1) is 0 Å². The third kappa shape index (κ3) is 4.40. The summed E-state index contributed by atoms with van der Waals surface area (Å²) in [5.74, 6) is -0.203. The van der Waals surface area contributed by atoms with E-state index >= 15 is 0 Å². The number of aromatic nitrogens is 5. The van der Waals surface area contributed by atoms with Crippen molar-refractivity contribution < 1.29 is 17.9 Å². The Morgan fingerprint density at radius 1 is 1.07 bits per heavy atom. The second-order valence-electron chi connectivity index (χ2n) is 6.99. The van der Waals surface area contributed by atoms with Gasteiger partial charge in [-0.1, -0.05) is 0 Å². The van der Waals surface area contributed by atoms with Crippen LogP contribution in [-0.2, 0) is 6.54 Å². The molecular weight excluding hydrogens is 401 g/mol. The molecule has 0 amide bonds. The summed E-state index contributed by atoms with van der Waals surface area (Å²) in [6.07, 6.45) is 2.67. The first kappa shape index (κ1) is 20.2. The standard InChI is InChI=1S/C19H19F3N6O2/c20-19(21,22)11-30-17-15(25-6-8-27-17)10-28-16-14(24-5-7-26-16)9-13(18(28)29)12-1-3-23-4-2-12/h5-9,12,23H,1-4,10-11H2. The molecule has 158 valence electrons. The molecule has 4 heterocycles. The summed E-state index contributed by atoms with van der Waals surface area (Å²) in [4.78, 5) is 29.8. The fourth-order valence-electron chi connectivity index (χ4n) is 3.57. The van der Waals surface area contributed by atoms with Crippen LogP contribution in [0.5, 0.6) is 5.88 Å². The Morgan fingerprint density at radius 2 is 1.77 bits per heavy atom. The highest BCUT2D eigenvalue weighted by atomic mass is 19.4. The number of halogens is 3. The van der Waals surface area contributed by atoms with Crippen molar-refractivity contribution >= 4 is 11.2 Å². The molecule has 30 heavy (non-hydrogen) atoms. The highest BCUT2D eigenvalue weighted by Gasteiger charge is 2.29. The first-order valence-electron chi connectivity index (χ1n) is 9.47. The molecule has 8 nitrogen and oxygen atoms in total. The van der Waals surface area contributed by atoms with E-state index in [1.54, 1.807) is 6.07 Å². The molecular formula is C19H19F3N6O2. The van der Waals surface area contributed by atoms with Crippen molar-refractivity contribution in [1.29, 1.82) is 0 Å². The molecule has 1 N–H and O–H groups in total. The van der Waals surface area contributed by atoms with E-state index in [2.05, 4.69) is 25.3 Å². The smallest absolute Gasteiger partial charge is 0.422 e. The van der Waals surface area contributed by atoms with E-state index < -0.39 is 12.8 Å². The van der Waals surface area contributed by atoms with Gasteiger partial charge in [-0.25, -0.2) is 9.97 Å². The van der Waals surface area contributed by atoms with E-state index in [9.17, 15) is 18.0 Å². The van der Waals surface area contributed by atoms with E-state index in [-0.39, 0.29) is 29.6 Å². The predicted molar refractivity (Wildman–Crippen MR) is 101 cm³/mol. The first-order chi connectivity index (χ1) is 14.4. The van der Waals surface area contributed by atoms with Gasteiger partial charge in [0.2, 0.25) is 5.88 Å². The lowest BCUT2D eigenvalue weighted by atomic mass is 9.91. The molecule has 1 aliphatic rings. The van der Waals surface area contributed by atoms with E-state index in [0.29, 0.717) is 16.7 Å². The molecule has 1 fully saturated rings. The molecule has 1 saturated heterocycles. The Hall–Kier alpha value is -3.08. The number of rotatable bonds is 5. The van der Waals surface area contributed by atoms with Crippen molar-refractivity contribution in [2.45, 2.75) is 31.5 Å². The lowest BCUT2D eigenvalue weighted by Gasteiger charge is -2.23. The third-order valence-electron chi connectivity index (χ3n) is 4.94. The molecule has 11 heteroatoms. The van der Waals surface area contributed by atoms with Crippen LogP contribution in [-0.4, -0.2) is 50.4 Å². The molecule has 0 unspecified atom stereocenters. The topological polar surface area (TPSA) is 94.8 Å². The van der Waals surface area contributed by atoms with Crippen LogP contribution in [0, 0.1) is 0 Å². The lowest BCUT2D eigenvalue weighted by molar-refractivity contribution is -0.154. The SMILES string of the molecule is O=c1c(C2CCNCC2)cc2nccnc2n1Cc1nccnc1OCC(F)(F)F. The van der Waals surface area contributed by atoms with Crippen LogP contribution < -0.4 is 15.6 Å². The van der Waals surface area contributed by atoms with Crippen molar-refractivity contribution in [3.05, 3.63) is 52.5 Å². The number of nitrogens with one attached hydrogen (secondary N) is 1. The Balaban J connectivity index is 1.76. The number of ether oxygens (including phenoxy) is 1. The maximum atomic E-state index is 13.3. The third-order valence-corrected chi connectivity index (χ3v) is 4.94. The summed E-state index contributed by atoms with van der Waals surface area (Å²) in [5, 5.41) is 3.27. The van der Waals surface area contributed by atoms with Crippen molar-refractivity contribution in [2.75, 3.05) is 19.7 Å². The first-order valence-corrected chi connectivity index (χ1v) is 9.47. The zero-order chi connectivity index (χ0) is 21.1. The van der Waals surface area contributed by atoms with Crippen LogP contribution in [0.1, 0.15) is 30.0 Å². The number of nitrogens with zero attached hydrogens (tertiary/aromatic N) is 5. The largest absolute Gasteiger partial charge is 0.467 e. The Labute approximate surface area is 169 Å². The minimum atomic E-state index is -4.52. The molecule has 0 atom stereocenters. The summed E-state index contributed by atoms with van der Waals surface area (Å²) >= 11 is 0. The van der Waals surface area contributed by atoms with E-state index in [4.69, 9.17) is 4.74 Å². The maximum Gasteiger partial charge on any atom is 0.422 e. The highest BCUT2D eigenvalue weighted by Crippen LogP contribution is 2.25. The van der Waals surface area contributed by atoms with E-state index in [1.807, 2.05) is 0 Å². The van der Waals surface area contributed by atoms with Crippen LogP contribution in [0.25, 0.3) is 11.2 Å². The molecule has 1 aliphatic heterocycles. The highest BCUT2D eigenvalue weighted by molar-refractivity contribution is 5.70. The Morgan fingerprint density at radius 3 is 2.53 bits per heavy atom. The monoisotopic (exact) mass is 420 g/mol. The van der Waals surface area contributed by atoms with Crippen molar-refractivity contribution in [2.24, 2.45) is 0 Å². The average Bonchev–Trinajstić information content (AvgIpc) is 2.75. The predicted octanol–water partition coefficient (Wildman–Crippen LogP) is 2.04. The van der Waals surface area contributed by atoms with Gasteiger partial charge in [-0.2, -0.15) is 13.2 Å². The minimum Gasteiger partial charge on any atom is -0.467 e. The number of pyridine rings is 1. The summed E-state index contributed by atoms with van der Waals surface area (Å²) in [6, 6.07) is 1.76. The van der Waals surface area contributed by atoms with E-state index in [0.717, 1.165) is 25.9 Å². The van der Waals surface area contributed by atoms with Crippen molar-refractivity contribution in [3.8, 4) is 5.88 Å². The van der Waals surface area contributed by atoms with E-state index in [1.165, 1.54) is 29.4 Å². The van der Waals surface area contributed by atoms with Gasteiger partial charge in [0.05, 0.1) is 6.54 Å². The fourth-order valence-corrected chi connectivity index (χ4v) is 3.57. The number of fused-ring (bicyclic) bond motifs is 1. The second kappa shape index (κ2) is 8.34. The summed E-state index contributed by atoms with van der Waals surface area (Å²) in [7, 11) is 0. The van der Waals surface area contributed by atoms with Crippen LogP contribution in [0.2, 0.25) is 0 Å². The van der Waals surface area contributed by atoms with Gasteiger partial charge in [0, 0.05) is 30.4 Å². The van der Waals surface area contributed by atoms with Gasteiger partial charge in [-0.05, 0) is 37.9 Å². The van der Waals surface area contributed by atoms with Gasteiger partial charge in [0.1, 0.15) is 11.2 Å². The zero-order valence-electron chi connectivity index (χ0n) is 15.9. The van der Waals surface area contributed by atoms with Crippen LogP contribution in [0.3, 0.4) is 0 Å². The lowest BCUT2D eigenvalue weighted by Crippen LogP contribution is -2.32. The number of hydrogen-bond donors (Lipinski definition) is 1. The van der Waals surface area contributed by atoms with Crippen molar-refractivity contribution in [1.82, 2.24) is 29.8 Å². The molecule has 0 radical (unpaired) electrons. The zero-order valence-corrected chi connectivity index (χ0v) is 15.9. The molecule has 0 spiro atoms. The molecule has 0 aliphatic carbocycles. The molecule has 3 aromatic heterocycles. The normalized spacial score (nSPS) is 15.4. The molecule has 0 saturated carbocycles. The van der Waals surface area contributed by atoms with Gasteiger partial charge in [0.15, 0.2) is 12.3 Å².